The molecule has 2 aromatic heterocycles. The van der Waals surface area contributed by atoms with Gasteiger partial charge in [0.25, 0.3) is 0 Å². The lowest BCUT2D eigenvalue weighted by atomic mass is 9.98. The average Bonchev–Trinajstić information content (AvgIpc) is 3.72. The smallest absolute Gasteiger partial charge is 0.309 e. The molecule has 0 aliphatic heterocycles. The largest absolute Gasteiger partial charge is 0.420 e. The van der Waals surface area contributed by atoms with Crippen LogP contribution in [0, 0.1) is 17.5 Å². The van der Waals surface area contributed by atoms with Crippen LogP contribution < -0.4 is 0 Å². The molecule has 8 heteroatoms. The van der Waals surface area contributed by atoms with Gasteiger partial charge in [0.05, 0.1) is 39.0 Å². The van der Waals surface area contributed by atoms with Crippen molar-refractivity contribution in [3.8, 4) is 44.8 Å². The standard InChI is InChI=1S/C49H28F6N2/c50-34-27-39(51)47(40(52)28-34)33-25-45(56-41-17-9-7-15-35(41)37-23-31(19-21-43(37)56)29-11-3-1-4-12-29)48(49(53,54)55)46(26-33)57-42-18-10-8-16-36(42)38-24-32(20-22-44(38)57)30-13-5-2-6-14-30/h1-28H. The van der Waals surface area contributed by atoms with E-state index in [1.54, 1.807) is 36.4 Å². The van der Waals surface area contributed by atoms with Crippen molar-refractivity contribution >= 4 is 43.6 Å². The molecule has 0 atom stereocenters. The predicted octanol–water partition coefficient (Wildman–Crippen LogP) is 14.3. The fourth-order valence-corrected chi connectivity index (χ4v) is 8.30. The summed E-state index contributed by atoms with van der Waals surface area (Å²) in [5, 5.41) is 2.76. The van der Waals surface area contributed by atoms with Crippen molar-refractivity contribution < 1.29 is 26.3 Å². The molecule has 2 heterocycles. The Balaban J connectivity index is 1.36. The molecular formula is C49H28F6N2. The van der Waals surface area contributed by atoms with Crippen LogP contribution in [0.2, 0.25) is 0 Å². The molecule has 276 valence electrons. The van der Waals surface area contributed by atoms with Gasteiger partial charge in [0.15, 0.2) is 0 Å². The van der Waals surface area contributed by atoms with Gasteiger partial charge in [0.2, 0.25) is 0 Å². The number of hydrogen-bond acceptors (Lipinski definition) is 0. The Hall–Kier alpha value is -7.06. The second-order valence-electron chi connectivity index (χ2n) is 14.0. The predicted molar refractivity (Wildman–Crippen MR) is 216 cm³/mol. The van der Waals surface area contributed by atoms with E-state index >= 15 is 22.0 Å². The van der Waals surface area contributed by atoms with E-state index in [0.717, 1.165) is 34.4 Å². The summed E-state index contributed by atoms with van der Waals surface area (Å²) in [4.78, 5) is 0. The first-order valence-electron chi connectivity index (χ1n) is 18.2. The fourth-order valence-electron chi connectivity index (χ4n) is 8.30. The molecule has 0 aliphatic carbocycles. The number of halogens is 6. The van der Waals surface area contributed by atoms with Gasteiger partial charge in [-0.2, -0.15) is 13.2 Å². The third-order valence-electron chi connectivity index (χ3n) is 10.7. The normalized spacial score (nSPS) is 12.0. The Kier molecular flexibility index (Phi) is 7.87. The highest BCUT2D eigenvalue weighted by molar-refractivity contribution is 6.12. The summed E-state index contributed by atoms with van der Waals surface area (Å²) in [5.41, 5.74) is 2.89. The lowest BCUT2D eigenvalue weighted by Crippen LogP contribution is -2.16. The molecule has 0 saturated carbocycles. The number of para-hydroxylation sites is 2. The average molecular weight is 759 g/mol. The van der Waals surface area contributed by atoms with Gasteiger partial charge >= 0.3 is 6.18 Å². The Morgan fingerprint density at radius 1 is 0.351 bits per heavy atom. The highest BCUT2D eigenvalue weighted by Crippen LogP contribution is 2.47. The summed E-state index contributed by atoms with van der Waals surface area (Å²) in [6.07, 6.45) is -4.98. The van der Waals surface area contributed by atoms with Gasteiger partial charge in [-0.15, -0.1) is 0 Å². The van der Waals surface area contributed by atoms with E-state index in [0.29, 0.717) is 55.7 Å². The first-order valence-corrected chi connectivity index (χ1v) is 18.2. The number of aromatic nitrogens is 2. The highest BCUT2D eigenvalue weighted by Gasteiger charge is 2.40. The van der Waals surface area contributed by atoms with E-state index in [-0.39, 0.29) is 16.9 Å². The molecule has 0 bridgehead atoms. The first kappa shape index (κ1) is 34.4. The SMILES string of the molecule is Fc1cc(F)c(-c2cc(-n3c4ccccc4c4cc(-c5ccccc5)ccc43)c(C(F)(F)F)c(-n3c4ccccc4c4cc(-c5ccccc5)ccc43)c2)c(F)c1. The Bertz CT molecular complexity index is 2990. The topological polar surface area (TPSA) is 9.86 Å². The van der Waals surface area contributed by atoms with Gasteiger partial charge < -0.3 is 9.13 Å². The molecule has 0 spiro atoms. The van der Waals surface area contributed by atoms with Gasteiger partial charge in [-0.05, 0) is 76.3 Å². The van der Waals surface area contributed by atoms with Crippen molar-refractivity contribution in [2.75, 3.05) is 0 Å². The molecule has 0 fully saturated rings. The lowest BCUT2D eigenvalue weighted by molar-refractivity contribution is -0.137. The van der Waals surface area contributed by atoms with Crippen LogP contribution in [0.4, 0.5) is 26.3 Å². The van der Waals surface area contributed by atoms with E-state index in [4.69, 9.17) is 0 Å². The maximum absolute atomic E-state index is 16.2. The molecule has 0 aliphatic rings. The summed E-state index contributed by atoms with van der Waals surface area (Å²) < 4.78 is 97.5. The van der Waals surface area contributed by atoms with Gasteiger partial charge in [-0.25, -0.2) is 13.2 Å². The molecule has 0 N–H and O–H groups in total. The zero-order chi connectivity index (χ0) is 39.0. The Morgan fingerprint density at radius 2 is 0.754 bits per heavy atom. The number of nitrogens with zero attached hydrogens (tertiary/aromatic N) is 2. The van der Waals surface area contributed by atoms with E-state index < -0.39 is 34.8 Å². The van der Waals surface area contributed by atoms with Crippen molar-refractivity contribution in [1.29, 1.82) is 0 Å². The zero-order valence-electron chi connectivity index (χ0n) is 29.8. The number of benzene rings is 8. The molecule has 57 heavy (non-hydrogen) atoms. The third kappa shape index (κ3) is 5.59. The first-order chi connectivity index (χ1) is 27.7. The minimum absolute atomic E-state index is 0.193. The van der Waals surface area contributed by atoms with Crippen molar-refractivity contribution in [1.82, 2.24) is 9.13 Å². The second-order valence-corrected chi connectivity index (χ2v) is 14.0. The summed E-state index contributed by atoms with van der Waals surface area (Å²) >= 11 is 0. The Morgan fingerprint density at radius 3 is 1.19 bits per heavy atom. The van der Waals surface area contributed by atoms with E-state index in [9.17, 15) is 4.39 Å². The molecule has 10 aromatic rings. The molecule has 0 amide bonds. The molecule has 0 radical (unpaired) electrons. The lowest BCUT2D eigenvalue weighted by Gasteiger charge is -2.23. The Labute approximate surface area is 322 Å². The van der Waals surface area contributed by atoms with Crippen LogP contribution in [-0.2, 0) is 6.18 Å². The van der Waals surface area contributed by atoms with Crippen LogP contribution in [0.1, 0.15) is 5.56 Å². The monoisotopic (exact) mass is 758 g/mol. The van der Waals surface area contributed by atoms with Crippen LogP contribution in [0.25, 0.3) is 88.4 Å². The fraction of sp³-hybridized carbons (Fsp3) is 0.0204. The molecule has 10 rings (SSSR count). The van der Waals surface area contributed by atoms with Crippen LogP contribution >= 0.6 is 0 Å². The van der Waals surface area contributed by atoms with Gasteiger partial charge in [-0.1, -0.05) is 109 Å². The minimum atomic E-state index is -4.98. The van der Waals surface area contributed by atoms with Crippen LogP contribution in [0.5, 0.6) is 0 Å². The van der Waals surface area contributed by atoms with Crippen LogP contribution in [0.15, 0.2) is 170 Å². The third-order valence-corrected chi connectivity index (χ3v) is 10.7. The minimum Gasteiger partial charge on any atom is -0.309 e. The van der Waals surface area contributed by atoms with Crippen LogP contribution in [-0.4, -0.2) is 9.13 Å². The number of rotatable bonds is 5. The maximum Gasteiger partial charge on any atom is 0.420 e. The second kappa shape index (κ2) is 13.0. The van der Waals surface area contributed by atoms with Crippen LogP contribution in [0.3, 0.4) is 0 Å². The molecule has 2 nitrogen and oxygen atoms in total. The van der Waals surface area contributed by atoms with E-state index in [1.165, 1.54) is 9.13 Å². The summed E-state index contributed by atoms with van der Waals surface area (Å²) in [5.74, 6) is -3.63. The number of fused-ring (bicyclic) bond motifs is 6. The summed E-state index contributed by atoms with van der Waals surface area (Å²) in [6.45, 7) is 0. The highest BCUT2D eigenvalue weighted by atomic mass is 19.4. The van der Waals surface area contributed by atoms with Crippen molar-refractivity contribution in [3.05, 3.63) is 193 Å². The van der Waals surface area contributed by atoms with Crippen molar-refractivity contribution in [2.45, 2.75) is 6.18 Å². The summed E-state index contributed by atoms with van der Waals surface area (Å²) in [7, 11) is 0. The number of alkyl halides is 3. The number of hydrogen-bond donors (Lipinski definition) is 0. The van der Waals surface area contributed by atoms with Crippen molar-refractivity contribution in [3.63, 3.8) is 0 Å². The molecule has 0 unspecified atom stereocenters. The molecule has 8 aromatic carbocycles. The van der Waals surface area contributed by atoms with E-state index in [1.807, 2.05) is 109 Å². The zero-order valence-corrected chi connectivity index (χ0v) is 29.8. The van der Waals surface area contributed by atoms with Crippen molar-refractivity contribution in [2.24, 2.45) is 0 Å². The maximum atomic E-state index is 16.2. The molecular weight excluding hydrogens is 731 g/mol. The van der Waals surface area contributed by atoms with Gasteiger partial charge in [0, 0.05) is 33.7 Å². The summed E-state index contributed by atoms with van der Waals surface area (Å²) in [6, 6.07) is 48.1. The quantitative estimate of drug-likeness (QED) is 0.155. The van der Waals surface area contributed by atoms with Gasteiger partial charge in [-0.3, -0.25) is 0 Å². The van der Waals surface area contributed by atoms with E-state index in [2.05, 4.69) is 0 Å². The van der Waals surface area contributed by atoms with Gasteiger partial charge in [0.1, 0.15) is 23.0 Å². The molecule has 0 saturated heterocycles.